The van der Waals surface area contributed by atoms with Crippen molar-refractivity contribution in [3.8, 4) is 0 Å². The predicted octanol–water partition coefficient (Wildman–Crippen LogP) is 1.30. The Labute approximate surface area is 88.2 Å². The molecule has 0 aliphatic heterocycles. The summed E-state index contributed by atoms with van der Waals surface area (Å²) >= 11 is 1.53. The molecule has 5 heteroatoms. The van der Waals surface area contributed by atoms with Crippen LogP contribution >= 0.6 is 11.8 Å². The molecule has 0 amide bonds. The molecule has 0 atom stereocenters. The third kappa shape index (κ3) is 3.51. The van der Waals surface area contributed by atoms with Gasteiger partial charge in [-0.15, -0.1) is 11.8 Å². The van der Waals surface area contributed by atoms with Crippen LogP contribution < -0.4 is 5.32 Å². The number of hydrogen-bond acceptors (Lipinski definition) is 5. The molecule has 1 heterocycles. The first-order valence-electron chi connectivity index (χ1n) is 4.59. The van der Waals surface area contributed by atoms with Gasteiger partial charge in [0, 0.05) is 18.4 Å². The molecule has 0 aliphatic carbocycles. The van der Waals surface area contributed by atoms with Gasteiger partial charge in [-0.1, -0.05) is 0 Å². The zero-order valence-electron chi connectivity index (χ0n) is 8.45. The molecule has 0 bridgehead atoms. The van der Waals surface area contributed by atoms with Crippen molar-refractivity contribution in [3.63, 3.8) is 0 Å². The first-order chi connectivity index (χ1) is 6.76. The molecule has 0 saturated heterocycles. The van der Waals surface area contributed by atoms with E-state index in [-0.39, 0.29) is 6.61 Å². The summed E-state index contributed by atoms with van der Waals surface area (Å²) in [7, 11) is 0. The lowest BCUT2D eigenvalue weighted by molar-refractivity contribution is 0.322. The first-order valence-corrected chi connectivity index (χ1v) is 5.58. The number of thioether (sulfide) groups is 1. The smallest absolute Gasteiger partial charge is 0.130 e. The normalized spacial score (nSPS) is 10.2. The van der Waals surface area contributed by atoms with E-state index in [1.54, 1.807) is 0 Å². The SMILES string of the molecule is CCNc1cc(SCCO)nc(C)n1. The van der Waals surface area contributed by atoms with Crippen LogP contribution in [-0.2, 0) is 0 Å². The van der Waals surface area contributed by atoms with Crippen molar-refractivity contribution in [2.75, 3.05) is 24.2 Å². The van der Waals surface area contributed by atoms with E-state index >= 15 is 0 Å². The van der Waals surface area contributed by atoms with Gasteiger partial charge in [0.05, 0.1) is 6.61 Å². The van der Waals surface area contributed by atoms with Gasteiger partial charge in [-0.2, -0.15) is 0 Å². The highest BCUT2D eigenvalue weighted by Crippen LogP contribution is 2.17. The van der Waals surface area contributed by atoms with Gasteiger partial charge >= 0.3 is 0 Å². The number of nitrogens with one attached hydrogen (secondary N) is 1. The van der Waals surface area contributed by atoms with Crippen molar-refractivity contribution in [3.05, 3.63) is 11.9 Å². The van der Waals surface area contributed by atoms with Gasteiger partial charge in [-0.3, -0.25) is 0 Å². The standard InChI is InChI=1S/C9H15N3OS/c1-3-10-8-6-9(14-5-4-13)12-7(2)11-8/h6,13H,3-5H2,1-2H3,(H,10,11,12). The monoisotopic (exact) mass is 213 g/mol. The lowest BCUT2D eigenvalue weighted by Crippen LogP contribution is -2.02. The molecule has 1 aromatic rings. The fourth-order valence-electron chi connectivity index (χ4n) is 1.04. The summed E-state index contributed by atoms with van der Waals surface area (Å²) in [5, 5.41) is 12.7. The van der Waals surface area contributed by atoms with Gasteiger partial charge in [-0.25, -0.2) is 9.97 Å². The molecule has 0 saturated carbocycles. The highest BCUT2D eigenvalue weighted by atomic mass is 32.2. The molecule has 14 heavy (non-hydrogen) atoms. The number of aryl methyl sites for hydroxylation is 1. The Morgan fingerprint density at radius 1 is 1.50 bits per heavy atom. The molecule has 0 fully saturated rings. The van der Waals surface area contributed by atoms with Crippen LogP contribution in [0.4, 0.5) is 5.82 Å². The van der Waals surface area contributed by atoms with E-state index in [9.17, 15) is 0 Å². The second-order valence-corrected chi connectivity index (χ2v) is 3.86. The number of hydrogen-bond donors (Lipinski definition) is 2. The van der Waals surface area contributed by atoms with E-state index in [0.29, 0.717) is 5.75 Å². The molecule has 0 radical (unpaired) electrons. The Balaban J connectivity index is 2.73. The minimum atomic E-state index is 0.171. The second-order valence-electron chi connectivity index (χ2n) is 2.74. The molecule has 0 spiro atoms. The Morgan fingerprint density at radius 3 is 2.93 bits per heavy atom. The van der Waals surface area contributed by atoms with Gasteiger partial charge in [0.25, 0.3) is 0 Å². The topological polar surface area (TPSA) is 58.0 Å². The third-order valence-electron chi connectivity index (χ3n) is 1.51. The average molecular weight is 213 g/mol. The highest BCUT2D eigenvalue weighted by Gasteiger charge is 2.00. The summed E-state index contributed by atoms with van der Waals surface area (Å²) in [5.74, 6) is 2.27. The second kappa shape index (κ2) is 5.82. The van der Waals surface area contributed by atoms with Crippen LogP contribution in [0.1, 0.15) is 12.7 Å². The van der Waals surface area contributed by atoms with E-state index in [1.165, 1.54) is 11.8 Å². The van der Waals surface area contributed by atoms with Crippen LogP contribution in [0.2, 0.25) is 0 Å². The number of aliphatic hydroxyl groups excluding tert-OH is 1. The molecule has 1 aromatic heterocycles. The lowest BCUT2D eigenvalue weighted by Gasteiger charge is -2.05. The van der Waals surface area contributed by atoms with Gasteiger partial charge in [0.2, 0.25) is 0 Å². The largest absolute Gasteiger partial charge is 0.396 e. The van der Waals surface area contributed by atoms with Crippen LogP contribution in [0.15, 0.2) is 11.1 Å². The number of aliphatic hydroxyl groups is 1. The van der Waals surface area contributed by atoms with E-state index in [1.807, 2.05) is 19.9 Å². The molecule has 0 unspecified atom stereocenters. The van der Waals surface area contributed by atoms with Crippen LogP contribution in [0.5, 0.6) is 0 Å². The van der Waals surface area contributed by atoms with Crippen LogP contribution in [0, 0.1) is 6.92 Å². The van der Waals surface area contributed by atoms with Gasteiger partial charge in [0.1, 0.15) is 16.7 Å². The minimum Gasteiger partial charge on any atom is -0.396 e. The molecule has 4 nitrogen and oxygen atoms in total. The Morgan fingerprint density at radius 2 is 2.29 bits per heavy atom. The number of nitrogens with zero attached hydrogens (tertiary/aromatic N) is 2. The molecule has 2 N–H and O–H groups in total. The maximum absolute atomic E-state index is 8.69. The fourth-order valence-corrected chi connectivity index (χ4v) is 1.73. The summed E-state index contributed by atoms with van der Waals surface area (Å²) in [6.07, 6.45) is 0. The van der Waals surface area contributed by atoms with Gasteiger partial charge in [-0.05, 0) is 13.8 Å². The number of anilines is 1. The van der Waals surface area contributed by atoms with Crippen LogP contribution in [-0.4, -0.2) is 34.0 Å². The zero-order chi connectivity index (χ0) is 10.4. The van der Waals surface area contributed by atoms with E-state index < -0.39 is 0 Å². The molecule has 0 aliphatic rings. The molecule has 0 aromatic carbocycles. The number of aromatic nitrogens is 2. The molecular weight excluding hydrogens is 198 g/mol. The molecule has 78 valence electrons. The van der Waals surface area contributed by atoms with Crippen molar-refractivity contribution in [1.82, 2.24) is 9.97 Å². The predicted molar refractivity (Wildman–Crippen MR) is 58.7 cm³/mol. The van der Waals surface area contributed by atoms with Crippen molar-refractivity contribution < 1.29 is 5.11 Å². The van der Waals surface area contributed by atoms with Crippen molar-refractivity contribution in [2.45, 2.75) is 18.9 Å². The summed E-state index contributed by atoms with van der Waals surface area (Å²) in [5.41, 5.74) is 0. The van der Waals surface area contributed by atoms with E-state index in [4.69, 9.17) is 5.11 Å². The lowest BCUT2D eigenvalue weighted by atomic mass is 10.5. The summed E-state index contributed by atoms with van der Waals surface area (Å²) in [6.45, 7) is 4.91. The minimum absolute atomic E-state index is 0.171. The summed E-state index contributed by atoms with van der Waals surface area (Å²) in [4.78, 5) is 8.49. The average Bonchev–Trinajstić information content (AvgIpc) is 2.14. The fraction of sp³-hybridized carbons (Fsp3) is 0.556. The molecule has 1 rings (SSSR count). The van der Waals surface area contributed by atoms with Crippen molar-refractivity contribution in [2.24, 2.45) is 0 Å². The van der Waals surface area contributed by atoms with Gasteiger partial charge < -0.3 is 10.4 Å². The summed E-state index contributed by atoms with van der Waals surface area (Å²) < 4.78 is 0. The quantitative estimate of drug-likeness (QED) is 0.570. The van der Waals surface area contributed by atoms with E-state index in [2.05, 4.69) is 15.3 Å². The first kappa shape index (κ1) is 11.3. The zero-order valence-corrected chi connectivity index (χ0v) is 9.27. The summed E-state index contributed by atoms with van der Waals surface area (Å²) in [6, 6.07) is 1.90. The third-order valence-corrected chi connectivity index (χ3v) is 2.41. The Kier molecular flexibility index (Phi) is 4.69. The number of rotatable bonds is 5. The van der Waals surface area contributed by atoms with Crippen LogP contribution in [0.25, 0.3) is 0 Å². The van der Waals surface area contributed by atoms with Gasteiger partial charge in [0.15, 0.2) is 0 Å². The van der Waals surface area contributed by atoms with Crippen molar-refractivity contribution in [1.29, 1.82) is 0 Å². The molecular formula is C9H15N3OS. The maximum Gasteiger partial charge on any atom is 0.130 e. The van der Waals surface area contributed by atoms with E-state index in [0.717, 1.165) is 23.2 Å². The highest BCUT2D eigenvalue weighted by molar-refractivity contribution is 7.99. The van der Waals surface area contributed by atoms with Crippen molar-refractivity contribution >= 4 is 17.6 Å². The maximum atomic E-state index is 8.69. The van der Waals surface area contributed by atoms with Crippen LogP contribution in [0.3, 0.4) is 0 Å². The Hall–Kier alpha value is -0.810. The Bertz CT molecular complexity index is 293.